The van der Waals surface area contributed by atoms with Crippen LogP contribution in [0.5, 0.6) is 5.75 Å². The highest BCUT2D eigenvalue weighted by molar-refractivity contribution is 6.20. The molecule has 6 heteroatoms. The zero-order chi connectivity index (χ0) is 38.6. The van der Waals surface area contributed by atoms with Crippen molar-refractivity contribution < 1.29 is 13.6 Å². The first-order valence-corrected chi connectivity index (χ1v) is 19.9. The second-order valence-electron chi connectivity index (χ2n) is 15.4. The standard InChI is InChI=1S/C53H31N3O3/c1-2-11-31-26-34(23-22-30(31)10-1)51-54-52(35-24-25-37-36-14-5-6-19-43(36)57-46(37)29-35)56-53(55-51)41-18-9-21-45-49(41)40-17-7-16-39(50(40)59-45)38-15-8-20-44-48(38)42-27-32-12-3-4-13-33(32)28-47(42)58-44/h1-29,37,46H. The quantitative estimate of drug-likeness (QED) is 0.178. The van der Waals surface area contributed by atoms with Gasteiger partial charge in [-0.1, -0.05) is 133 Å². The summed E-state index contributed by atoms with van der Waals surface area (Å²) in [6.45, 7) is 0. The molecule has 13 rings (SSSR count). The molecule has 0 N–H and O–H groups in total. The normalized spacial score (nSPS) is 16.0. The van der Waals surface area contributed by atoms with Gasteiger partial charge < -0.3 is 13.6 Å². The predicted octanol–water partition coefficient (Wildman–Crippen LogP) is 13.5. The van der Waals surface area contributed by atoms with Gasteiger partial charge >= 0.3 is 0 Å². The molecule has 4 heterocycles. The van der Waals surface area contributed by atoms with Gasteiger partial charge in [-0.3, -0.25) is 0 Å². The number of furan rings is 2. The molecule has 11 aromatic rings. The summed E-state index contributed by atoms with van der Waals surface area (Å²) in [6.07, 6.45) is 6.34. The average Bonchev–Trinajstić information content (AvgIpc) is 3.98. The minimum absolute atomic E-state index is 0.140. The van der Waals surface area contributed by atoms with Crippen molar-refractivity contribution in [2.24, 2.45) is 0 Å². The van der Waals surface area contributed by atoms with Crippen LogP contribution in [0.2, 0.25) is 0 Å². The van der Waals surface area contributed by atoms with Crippen molar-refractivity contribution in [3.8, 4) is 39.7 Å². The Labute approximate surface area is 337 Å². The van der Waals surface area contributed by atoms with Crippen LogP contribution in [0.1, 0.15) is 17.3 Å². The van der Waals surface area contributed by atoms with Crippen LogP contribution in [0.4, 0.5) is 0 Å². The van der Waals surface area contributed by atoms with Gasteiger partial charge in [0.1, 0.15) is 34.2 Å². The first-order chi connectivity index (χ1) is 29.2. The van der Waals surface area contributed by atoms with E-state index in [2.05, 4.69) is 146 Å². The number of fused-ring (bicyclic) bond motifs is 11. The Hall–Kier alpha value is -7.83. The molecule has 1 aliphatic carbocycles. The SMILES string of the molecule is C1=CC2c3ccccc3OC2C=C1c1nc(-c2ccc3ccccc3c2)nc(-c2cccc3oc4c(-c5cccc6oc7cc8ccccc8cc7c56)cccc4c23)n1. The molecule has 3 aromatic heterocycles. The van der Waals surface area contributed by atoms with Crippen molar-refractivity contribution in [2.45, 2.75) is 12.0 Å². The molecule has 59 heavy (non-hydrogen) atoms. The molecular formula is C53H31N3O3. The maximum Gasteiger partial charge on any atom is 0.164 e. The van der Waals surface area contributed by atoms with E-state index in [1.807, 2.05) is 30.3 Å². The van der Waals surface area contributed by atoms with Gasteiger partial charge in [-0.05, 0) is 69.6 Å². The van der Waals surface area contributed by atoms with Crippen LogP contribution in [0.3, 0.4) is 0 Å². The number of ether oxygens (including phenoxy) is 1. The smallest absolute Gasteiger partial charge is 0.164 e. The zero-order valence-electron chi connectivity index (χ0n) is 31.5. The van der Waals surface area contributed by atoms with Crippen molar-refractivity contribution in [1.29, 1.82) is 0 Å². The second kappa shape index (κ2) is 12.3. The molecule has 6 nitrogen and oxygen atoms in total. The number of allylic oxidation sites excluding steroid dienone is 2. The molecule has 0 saturated carbocycles. The summed E-state index contributed by atoms with van der Waals surface area (Å²) in [4.78, 5) is 15.6. The monoisotopic (exact) mass is 757 g/mol. The van der Waals surface area contributed by atoms with E-state index in [1.54, 1.807) is 0 Å². The number of hydrogen-bond acceptors (Lipinski definition) is 6. The summed E-state index contributed by atoms with van der Waals surface area (Å²) in [6, 6.07) is 54.5. The molecule has 0 bridgehead atoms. The predicted molar refractivity (Wildman–Crippen MR) is 236 cm³/mol. The van der Waals surface area contributed by atoms with Gasteiger partial charge in [0.2, 0.25) is 0 Å². The van der Waals surface area contributed by atoms with Gasteiger partial charge in [0.25, 0.3) is 0 Å². The Kier molecular flexibility index (Phi) is 6.75. The minimum atomic E-state index is -0.146. The molecule has 2 atom stereocenters. The Morgan fingerprint density at radius 2 is 1.14 bits per heavy atom. The summed E-state index contributed by atoms with van der Waals surface area (Å²) in [5.74, 6) is 2.81. The van der Waals surface area contributed by atoms with E-state index in [0.717, 1.165) is 93.6 Å². The lowest BCUT2D eigenvalue weighted by molar-refractivity contribution is 0.269. The van der Waals surface area contributed by atoms with Gasteiger partial charge in [-0.15, -0.1) is 0 Å². The molecule has 1 aliphatic heterocycles. The number of aromatic nitrogens is 3. The van der Waals surface area contributed by atoms with Gasteiger partial charge in [0.15, 0.2) is 17.5 Å². The summed E-state index contributed by atoms with van der Waals surface area (Å²) >= 11 is 0. The third-order valence-corrected chi connectivity index (χ3v) is 12.0. The van der Waals surface area contributed by atoms with Crippen LogP contribution >= 0.6 is 0 Å². The van der Waals surface area contributed by atoms with Crippen molar-refractivity contribution in [2.75, 3.05) is 0 Å². The fourth-order valence-corrected chi connectivity index (χ4v) is 9.27. The van der Waals surface area contributed by atoms with Crippen LogP contribution in [0.25, 0.3) is 105 Å². The van der Waals surface area contributed by atoms with Crippen LogP contribution < -0.4 is 4.74 Å². The number of rotatable bonds is 4. The van der Waals surface area contributed by atoms with E-state index >= 15 is 0 Å². The molecule has 0 amide bonds. The van der Waals surface area contributed by atoms with Gasteiger partial charge in [0.05, 0.1) is 0 Å². The Morgan fingerprint density at radius 1 is 0.458 bits per heavy atom. The number of hydrogen-bond donors (Lipinski definition) is 0. The van der Waals surface area contributed by atoms with Crippen molar-refractivity contribution in [3.63, 3.8) is 0 Å². The van der Waals surface area contributed by atoms with E-state index in [9.17, 15) is 0 Å². The number of para-hydroxylation sites is 2. The Morgan fingerprint density at radius 3 is 2.02 bits per heavy atom. The van der Waals surface area contributed by atoms with E-state index < -0.39 is 0 Å². The van der Waals surface area contributed by atoms with Crippen molar-refractivity contribution in [3.05, 3.63) is 187 Å². The van der Waals surface area contributed by atoms with Gasteiger partial charge in [0, 0.05) is 55.3 Å². The first-order valence-electron chi connectivity index (χ1n) is 19.9. The Bertz CT molecular complexity index is 3630. The molecular weight excluding hydrogens is 727 g/mol. The van der Waals surface area contributed by atoms with Crippen molar-refractivity contribution in [1.82, 2.24) is 15.0 Å². The molecule has 0 radical (unpaired) electrons. The third-order valence-electron chi connectivity index (χ3n) is 12.0. The van der Waals surface area contributed by atoms with Crippen LogP contribution in [-0.2, 0) is 0 Å². The molecule has 0 fully saturated rings. The molecule has 2 unspecified atom stereocenters. The first kappa shape index (κ1) is 32.3. The summed E-state index contributed by atoms with van der Waals surface area (Å²) < 4.78 is 19.8. The van der Waals surface area contributed by atoms with E-state index in [0.29, 0.717) is 17.5 Å². The van der Waals surface area contributed by atoms with Crippen LogP contribution in [-0.4, -0.2) is 21.1 Å². The molecule has 0 spiro atoms. The second-order valence-corrected chi connectivity index (χ2v) is 15.4. The lowest BCUT2D eigenvalue weighted by Crippen LogP contribution is -2.18. The highest BCUT2D eigenvalue weighted by atomic mass is 16.5. The van der Waals surface area contributed by atoms with E-state index in [-0.39, 0.29) is 12.0 Å². The zero-order valence-corrected chi connectivity index (χ0v) is 31.5. The maximum atomic E-state index is 6.85. The largest absolute Gasteiger partial charge is 0.485 e. The fourth-order valence-electron chi connectivity index (χ4n) is 9.27. The summed E-state index contributed by atoms with van der Waals surface area (Å²) in [5, 5.41) is 8.66. The maximum absolute atomic E-state index is 6.85. The molecule has 8 aromatic carbocycles. The van der Waals surface area contributed by atoms with Crippen molar-refractivity contribution >= 4 is 71.0 Å². The number of nitrogens with zero attached hydrogens (tertiary/aromatic N) is 3. The summed E-state index contributed by atoms with van der Waals surface area (Å²) in [7, 11) is 0. The minimum Gasteiger partial charge on any atom is -0.485 e. The lowest BCUT2D eigenvalue weighted by Gasteiger charge is -2.18. The van der Waals surface area contributed by atoms with E-state index in [1.165, 1.54) is 10.9 Å². The molecule has 0 saturated heterocycles. The Balaban J connectivity index is 1.00. The highest BCUT2D eigenvalue weighted by Crippen LogP contribution is 2.46. The van der Waals surface area contributed by atoms with Gasteiger partial charge in [-0.25, -0.2) is 15.0 Å². The van der Waals surface area contributed by atoms with Crippen LogP contribution in [0, 0.1) is 0 Å². The van der Waals surface area contributed by atoms with Crippen LogP contribution in [0.15, 0.2) is 185 Å². The van der Waals surface area contributed by atoms with E-state index in [4.69, 9.17) is 28.5 Å². The fraction of sp³-hybridized carbons (Fsp3) is 0.0377. The summed E-state index contributed by atoms with van der Waals surface area (Å²) in [5.41, 5.74) is 9.16. The topological polar surface area (TPSA) is 74.2 Å². The molecule has 2 aliphatic rings. The average molecular weight is 758 g/mol. The lowest BCUT2D eigenvalue weighted by atomic mass is 9.89. The molecule has 276 valence electrons. The third kappa shape index (κ3) is 4.96. The number of benzene rings is 8. The van der Waals surface area contributed by atoms with Gasteiger partial charge in [-0.2, -0.15) is 0 Å². The highest BCUT2D eigenvalue weighted by Gasteiger charge is 2.34.